The SMILES string of the molecule is CC(=O)c1ccc(C(=O)N(Cc2ccco2)c2nc3c(C)c(C)ccc3s2)cc1. The number of carbonyl (C=O) groups is 2. The summed E-state index contributed by atoms with van der Waals surface area (Å²) in [5.74, 6) is 0.448. The minimum atomic E-state index is -0.190. The third-order valence-electron chi connectivity index (χ3n) is 4.98. The molecule has 0 unspecified atom stereocenters. The van der Waals surface area contributed by atoms with E-state index in [2.05, 4.69) is 13.0 Å². The molecule has 0 saturated heterocycles. The molecule has 29 heavy (non-hydrogen) atoms. The van der Waals surface area contributed by atoms with E-state index in [0.717, 1.165) is 21.3 Å². The van der Waals surface area contributed by atoms with Crippen LogP contribution in [0.1, 0.15) is 44.5 Å². The zero-order valence-corrected chi connectivity index (χ0v) is 17.2. The summed E-state index contributed by atoms with van der Waals surface area (Å²) < 4.78 is 6.51. The molecule has 0 N–H and O–H groups in total. The second-order valence-corrected chi connectivity index (χ2v) is 7.96. The van der Waals surface area contributed by atoms with Crippen LogP contribution in [0.15, 0.2) is 59.2 Å². The molecule has 4 rings (SSSR count). The zero-order chi connectivity index (χ0) is 20.5. The minimum absolute atomic E-state index is 0.0338. The number of furan rings is 1. The number of hydrogen-bond acceptors (Lipinski definition) is 5. The highest BCUT2D eigenvalue weighted by molar-refractivity contribution is 7.22. The van der Waals surface area contributed by atoms with Crippen LogP contribution in [0.3, 0.4) is 0 Å². The first kappa shape index (κ1) is 19.1. The number of carbonyl (C=O) groups excluding carboxylic acids is 2. The molecule has 0 aliphatic carbocycles. The van der Waals surface area contributed by atoms with Crippen LogP contribution in [0.4, 0.5) is 5.13 Å². The lowest BCUT2D eigenvalue weighted by Gasteiger charge is -2.19. The van der Waals surface area contributed by atoms with Crippen LogP contribution >= 0.6 is 11.3 Å². The molecule has 0 spiro atoms. The molecule has 4 aromatic rings. The molecule has 0 fully saturated rings. The van der Waals surface area contributed by atoms with Gasteiger partial charge in [-0.3, -0.25) is 14.5 Å². The summed E-state index contributed by atoms with van der Waals surface area (Å²) in [6.07, 6.45) is 1.59. The third kappa shape index (κ3) is 3.71. The molecule has 0 radical (unpaired) electrons. The number of Topliss-reactive ketones (excluding diaryl/α,β-unsaturated/α-hetero) is 1. The van der Waals surface area contributed by atoms with Crippen molar-refractivity contribution in [2.45, 2.75) is 27.3 Å². The van der Waals surface area contributed by atoms with Crippen LogP contribution in [0.2, 0.25) is 0 Å². The van der Waals surface area contributed by atoms with Gasteiger partial charge < -0.3 is 4.42 Å². The number of hydrogen-bond donors (Lipinski definition) is 0. The molecular formula is C23H20N2O3S. The average molecular weight is 404 g/mol. The van der Waals surface area contributed by atoms with E-state index in [4.69, 9.17) is 9.40 Å². The Labute approximate surface area is 172 Å². The standard InChI is InChI=1S/C23H20N2O3S/c1-14-6-11-20-21(15(14)2)24-23(29-20)25(13-19-5-4-12-28-19)22(27)18-9-7-17(8-10-18)16(3)26/h4-12H,13H2,1-3H3. The molecule has 0 saturated carbocycles. The number of rotatable bonds is 5. The molecule has 146 valence electrons. The summed E-state index contributed by atoms with van der Waals surface area (Å²) in [6, 6.07) is 14.4. The van der Waals surface area contributed by atoms with Gasteiger partial charge >= 0.3 is 0 Å². The van der Waals surface area contributed by atoms with Crippen molar-refractivity contribution in [3.63, 3.8) is 0 Å². The summed E-state index contributed by atoms with van der Waals surface area (Å²) in [6.45, 7) is 5.88. The monoisotopic (exact) mass is 404 g/mol. The Hall–Kier alpha value is -3.25. The van der Waals surface area contributed by atoms with Crippen molar-refractivity contribution in [2.75, 3.05) is 4.90 Å². The van der Waals surface area contributed by atoms with Crippen molar-refractivity contribution in [1.82, 2.24) is 4.98 Å². The van der Waals surface area contributed by atoms with Gasteiger partial charge in [0.25, 0.3) is 5.91 Å². The number of thiazole rings is 1. The quantitative estimate of drug-likeness (QED) is 0.409. The molecule has 6 heteroatoms. The van der Waals surface area contributed by atoms with Gasteiger partial charge in [-0.25, -0.2) is 4.98 Å². The Morgan fingerprint density at radius 3 is 2.41 bits per heavy atom. The summed E-state index contributed by atoms with van der Waals surface area (Å²) >= 11 is 1.48. The number of aryl methyl sites for hydroxylation is 2. The molecule has 5 nitrogen and oxygen atoms in total. The van der Waals surface area contributed by atoms with Gasteiger partial charge in [0.05, 0.1) is 23.0 Å². The number of anilines is 1. The summed E-state index contributed by atoms with van der Waals surface area (Å²) in [5.41, 5.74) is 4.26. The van der Waals surface area contributed by atoms with Crippen LogP contribution in [0, 0.1) is 13.8 Å². The number of ketones is 1. The second-order valence-electron chi connectivity index (χ2n) is 6.95. The van der Waals surface area contributed by atoms with Crippen molar-refractivity contribution in [1.29, 1.82) is 0 Å². The Balaban J connectivity index is 1.76. The number of nitrogens with zero attached hydrogens (tertiary/aromatic N) is 2. The van der Waals surface area contributed by atoms with E-state index in [0.29, 0.717) is 22.0 Å². The van der Waals surface area contributed by atoms with Crippen molar-refractivity contribution in [2.24, 2.45) is 0 Å². The lowest BCUT2D eigenvalue weighted by molar-refractivity contribution is 0.0979. The van der Waals surface area contributed by atoms with Gasteiger partial charge in [0.2, 0.25) is 0 Å². The van der Waals surface area contributed by atoms with Crippen molar-refractivity contribution in [3.05, 3.63) is 82.8 Å². The molecule has 2 heterocycles. The van der Waals surface area contributed by atoms with Crippen LogP contribution in [0.5, 0.6) is 0 Å². The lowest BCUT2D eigenvalue weighted by Crippen LogP contribution is -2.30. The molecule has 1 amide bonds. The first-order valence-corrected chi connectivity index (χ1v) is 10.1. The van der Waals surface area contributed by atoms with Gasteiger partial charge in [-0.15, -0.1) is 0 Å². The number of aromatic nitrogens is 1. The molecule has 0 aliphatic rings. The topological polar surface area (TPSA) is 63.4 Å². The van der Waals surface area contributed by atoms with Crippen molar-refractivity contribution >= 4 is 38.4 Å². The summed E-state index contributed by atoms with van der Waals surface area (Å²) in [4.78, 5) is 31.3. The van der Waals surface area contributed by atoms with Crippen LogP contribution in [0.25, 0.3) is 10.2 Å². The fourth-order valence-corrected chi connectivity index (χ4v) is 4.14. The van der Waals surface area contributed by atoms with E-state index in [1.54, 1.807) is 41.5 Å². The normalized spacial score (nSPS) is 11.0. The highest BCUT2D eigenvalue weighted by atomic mass is 32.1. The van der Waals surface area contributed by atoms with E-state index in [1.807, 2.05) is 19.1 Å². The number of fused-ring (bicyclic) bond motifs is 1. The van der Waals surface area contributed by atoms with Gasteiger partial charge in [0, 0.05) is 11.1 Å². The largest absolute Gasteiger partial charge is 0.467 e. The highest BCUT2D eigenvalue weighted by Crippen LogP contribution is 2.33. The molecule has 0 aliphatic heterocycles. The van der Waals surface area contributed by atoms with E-state index < -0.39 is 0 Å². The Morgan fingerprint density at radius 1 is 1.03 bits per heavy atom. The number of amides is 1. The minimum Gasteiger partial charge on any atom is -0.467 e. The first-order chi connectivity index (χ1) is 13.9. The Kier molecular flexibility index (Phi) is 5.03. The summed E-state index contributed by atoms with van der Waals surface area (Å²) in [7, 11) is 0. The van der Waals surface area contributed by atoms with Gasteiger partial charge in [-0.2, -0.15) is 0 Å². The van der Waals surface area contributed by atoms with Gasteiger partial charge in [0.1, 0.15) is 5.76 Å². The second kappa shape index (κ2) is 7.64. The van der Waals surface area contributed by atoms with E-state index in [-0.39, 0.29) is 18.2 Å². The van der Waals surface area contributed by atoms with E-state index in [9.17, 15) is 9.59 Å². The predicted octanol–water partition coefficient (Wildman–Crippen LogP) is 5.56. The smallest absolute Gasteiger partial charge is 0.260 e. The molecule has 0 bridgehead atoms. The number of benzene rings is 2. The van der Waals surface area contributed by atoms with Crippen molar-refractivity contribution in [3.8, 4) is 0 Å². The van der Waals surface area contributed by atoms with Gasteiger partial charge in [-0.1, -0.05) is 29.5 Å². The van der Waals surface area contributed by atoms with Crippen LogP contribution in [-0.4, -0.2) is 16.7 Å². The maximum atomic E-state index is 13.3. The molecule has 2 aromatic heterocycles. The van der Waals surface area contributed by atoms with Gasteiger partial charge in [-0.05, 0) is 62.2 Å². The van der Waals surface area contributed by atoms with E-state index in [1.165, 1.54) is 18.3 Å². The van der Waals surface area contributed by atoms with Crippen LogP contribution < -0.4 is 4.90 Å². The fourth-order valence-electron chi connectivity index (χ4n) is 3.12. The lowest BCUT2D eigenvalue weighted by atomic mass is 10.1. The molecular weight excluding hydrogens is 384 g/mol. The van der Waals surface area contributed by atoms with Crippen molar-refractivity contribution < 1.29 is 14.0 Å². The fraction of sp³-hybridized carbons (Fsp3) is 0.174. The van der Waals surface area contributed by atoms with E-state index >= 15 is 0 Å². The Bertz CT molecular complexity index is 1190. The average Bonchev–Trinajstić information content (AvgIpc) is 3.38. The highest BCUT2D eigenvalue weighted by Gasteiger charge is 2.23. The Morgan fingerprint density at radius 2 is 1.76 bits per heavy atom. The zero-order valence-electron chi connectivity index (χ0n) is 16.4. The van der Waals surface area contributed by atoms with Crippen LogP contribution in [-0.2, 0) is 6.54 Å². The maximum Gasteiger partial charge on any atom is 0.260 e. The molecule has 2 aromatic carbocycles. The summed E-state index contributed by atoms with van der Waals surface area (Å²) in [5, 5.41) is 0.616. The maximum absolute atomic E-state index is 13.3. The predicted molar refractivity (Wildman–Crippen MR) is 115 cm³/mol. The van der Waals surface area contributed by atoms with Gasteiger partial charge in [0.15, 0.2) is 10.9 Å². The molecule has 0 atom stereocenters. The first-order valence-electron chi connectivity index (χ1n) is 9.26. The third-order valence-corrected chi connectivity index (χ3v) is 6.03.